The molecule has 2 N–H and O–H groups in total. The van der Waals surface area contributed by atoms with E-state index in [1.165, 1.54) is 19.8 Å². The Labute approximate surface area is 101 Å². The van der Waals surface area contributed by atoms with Crippen molar-refractivity contribution in [2.45, 2.75) is 26.2 Å². The fraction of sp³-hybridized carbons (Fsp3) is 0.385. The van der Waals surface area contributed by atoms with E-state index in [-0.39, 0.29) is 5.91 Å². The zero-order valence-electron chi connectivity index (χ0n) is 9.99. The molecule has 0 saturated carbocycles. The molecule has 4 heteroatoms. The number of anilines is 2. The number of carbonyl (C=O) groups excluding carboxylic acids is 1. The number of aliphatic imine (C=N–C) groups is 1. The summed E-state index contributed by atoms with van der Waals surface area (Å²) < 4.78 is 0. The quantitative estimate of drug-likeness (QED) is 0.822. The van der Waals surface area contributed by atoms with Crippen molar-refractivity contribution >= 4 is 23.1 Å². The number of nitrogens with one attached hydrogen (secondary N) is 2. The van der Waals surface area contributed by atoms with Gasteiger partial charge in [0.05, 0.1) is 0 Å². The normalized spacial score (nSPS) is 15.0. The molecule has 90 valence electrons. The lowest BCUT2D eigenvalue weighted by molar-refractivity contribution is -0.114. The van der Waals surface area contributed by atoms with Crippen molar-refractivity contribution in [2.24, 2.45) is 4.99 Å². The van der Waals surface area contributed by atoms with Crippen molar-refractivity contribution in [3.8, 4) is 0 Å². The van der Waals surface area contributed by atoms with Gasteiger partial charge in [0.1, 0.15) is 5.84 Å². The lowest BCUT2D eigenvalue weighted by Gasteiger charge is -2.14. The average Bonchev–Trinajstić information content (AvgIpc) is 2.32. The molecular formula is C13H17N3O. The highest BCUT2D eigenvalue weighted by Gasteiger charge is 2.05. The molecule has 17 heavy (non-hydrogen) atoms. The Balaban J connectivity index is 1.97. The maximum Gasteiger partial charge on any atom is 0.221 e. The van der Waals surface area contributed by atoms with Crippen LogP contribution in [0.25, 0.3) is 0 Å². The van der Waals surface area contributed by atoms with Gasteiger partial charge in [-0.15, -0.1) is 0 Å². The van der Waals surface area contributed by atoms with Crippen LogP contribution in [0.5, 0.6) is 0 Å². The van der Waals surface area contributed by atoms with Crippen LogP contribution in [0, 0.1) is 0 Å². The summed E-state index contributed by atoms with van der Waals surface area (Å²) in [4.78, 5) is 15.3. The maximum absolute atomic E-state index is 10.9. The zero-order chi connectivity index (χ0) is 12.1. The molecule has 1 aromatic rings. The average molecular weight is 231 g/mol. The minimum Gasteiger partial charge on any atom is -0.344 e. The molecule has 0 aromatic heterocycles. The molecule has 0 saturated heterocycles. The number of amidine groups is 1. The summed E-state index contributed by atoms with van der Waals surface area (Å²) in [6.07, 6.45) is 3.41. The predicted molar refractivity (Wildman–Crippen MR) is 70.5 cm³/mol. The van der Waals surface area contributed by atoms with Crippen molar-refractivity contribution in [1.29, 1.82) is 0 Å². The Hall–Kier alpha value is -1.84. The minimum atomic E-state index is -0.0534. The van der Waals surface area contributed by atoms with Gasteiger partial charge < -0.3 is 10.6 Å². The van der Waals surface area contributed by atoms with Crippen LogP contribution in [-0.2, 0) is 4.79 Å². The van der Waals surface area contributed by atoms with Crippen molar-refractivity contribution in [3.05, 3.63) is 24.3 Å². The van der Waals surface area contributed by atoms with Gasteiger partial charge in [-0.3, -0.25) is 9.79 Å². The lowest BCUT2D eigenvalue weighted by atomic mass is 10.1. The Morgan fingerprint density at radius 2 is 1.88 bits per heavy atom. The van der Waals surface area contributed by atoms with E-state index in [9.17, 15) is 4.79 Å². The summed E-state index contributed by atoms with van der Waals surface area (Å²) in [7, 11) is 0. The fourth-order valence-electron chi connectivity index (χ4n) is 1.81. The van der Waals surface area contributed by atoms with Gasteiger partial charge in [-0.2, -0.15) is 0 Å². The molecular weight excluding hydrogens is 214 g/mol. The molecule has 0 fully saturated rings. The molecule has 0 unspecified atom stereocenters. The number of hydrogen-bond acceptors (Lipinski definition) is 3. The SMILES string of the molecule is CC(=O)Nc1ccc(NC2=NCCCC2)cc1. The van der Waals surface area contributed by atoms with Crippen molar-refractivity contribution in [2.75, 3.05) is 17.2 Å². The Bertz CT molecular complexity index is 423. The van der Waals surface area contributed by atoms with E-state index in [4.69, 9.17) is 0 Å². The first kappa shape index (κ1) is 11.6. The molecule has 1 amide bonds. The van der Waals surface area contributed by atoms with Gasteiger partial charge in [0, 0.05) is 31.3 Å². The molecule has 1 aliphatic heterocycles. The molecule has 0 bridgehead atoms. The number of amides is 1. The van der Waals surface area contributed by atoms with Gasteiger partial charge in [0.15, 0.2) is 0 Å². The highest BCUT2D eigenvalue weighted by atomic mass is 16.1. The monoisotopic (exact) mass is 231 g/mol. The number of hydrogen-bond donors (Lipinski definition) is 2. The van der Waals surface area contributed by atoms with Crippen LogP contribution in [0.15, 0.2) is 29.3 Å². The van der Waals surface area contributed by atoms with E-state index in [0.717, 1.165) is 30.2 Å². The fourth-order valence-corrected chi connectivity index (χ4v) is 1.81. The summed E-state index contributed by atoms with van der Waals surface area (Å²) in [6.45, 7) is 2.43. The molecule has 4 nitrogen and oxygen atoms in total. The Kier molecular flexibility index (Phi) is 3.75. The molecule has 0 atom stereocenters. The van der Waals surface area contributed by atoms with E-state index >= 15 is 0 Å². The van der Waals surface area contributed by atoms with Gasteiger partial charge in [-0.1, -0.05) is 0 Å². The molecule has 2 rings (SSSR count). The first-order valence-electron chi connectivity index (χ1n) is 5.92. The third-order valence-electron chi connectivity index (χ3n) is 2.62. The van der Waals surface area contributed by atoms with Crippen LogP contribution in [0.4, 0.5) is 11.4 Å². The van der Waals surface area contributed by atoms with Crippen LogP contribution >= 0.6 is 0 Å². The van der Waals surface area contributed by atoms with Gasteiger partial charge in [0.2, 0.25) is 5.91 Å². The third-order valence-corrected chi connectivity index (χ3v) is 2.62. The second-order valence-electron chi connectivity index (χ2n) is 4.17. The topological polar surface area (TPSA) is 53.5 Å². The van der Waals surface area contributed by atoms with E-state index < -0.39 is 0 Å². The summed E-state index contributed by atoms with van der Waals surface area (Å²) in [5, 5.41) is 6.04. The van der Waals surface area contributed by atoms with Crippen molar-refractivity contribution < 1.29 is 4.79 Å². The molecule has 1 aromatic carbocycles. The first-order valence-corrected chi connectivity index (χ1v) is 5.92. The Morgan fingerprint density at radius 1 is 1.18 bits per heavy atom. The van der Waals surface area contributed by atoms with Crippen LogP contribution in [0.2, 0.25) is 0 Å². The smallest absolute Gasteiger partial charge is 0.221 e. The maximum atomic E-state index is 10.9. The molecule has 1 aliphatic rings. The van der Waals surface area contributed by atoms with Crippen molar-refractivity contribution in [1.82, 2.24) is 0 Å². The number of nitrogens with zero attached hydrogens (tertiary/aromatic N) is 1. The second kappa shape index (κ2) is 5.48. The summed E-state index contributed by atoms with van der Waals surface area (Å²) in [6, 6.07) is 7.66. The van der Waals surface area contributed by atoms with E-state index in [1.807, 2.05) is 24.3 Å². The number of carbonyl (C=O) groups is 1. The largest absolute Gasteiger partial charge is 0.344 e. The third kappa shape index (κ3) is 3.59. The van der Waals surface area contributed by atoms with E-state index in [0.29, 0.717) is 0 Å². The second-order valence-corrected chi connectivity index (χ2v) is 4.17. The molecule has 1 heterocycles. The van der Waals surface area contributed by atoms with Crippen molar-refractivity contribution in [3.63, 3.8) is 0 Å². The highest BCUT2D eigenvalue weighted by molar-refractivity contribution is 5.96. The summed E-state index contributed by atoms with van der Waals surface area (Å²) in [5.74, 6) is 1.01. The standard InChI is InChI=1S/C13H17N3O/c1-10(17)15-11-5-7-12(8-6-11)16-13-4-2-3-9-14-13/h5-8H,2-4,9H2,1H3,(H,14,16)(H,15,17). The summed E-state index contributed by atoms with van der Waals surface area (Å²) in [5.41, 5.74) is 1.83. The van der Waals surface area contributed by atoms with Gasteiger partial charge in [-0.05, 0) is 37.1 Å². The zero-order valence-corrected chi connectivity index (χ0v) is 9.99. The van der Waals surface area contributed by atoms with E-state index in [2.05, 4.69) is 15.6 Å². The molecule has 0 radical (unpaired) electrons. The lowest BCUT2D eigenvalue weighted by Crippen LogP contribution is -2.16. The van der Waals surface area contributed by atoms with Gasteiger partial charge in [-0.25, -0.2) is 0 Å². The number of benzene rings is 1. The minimum absolute atomic E-state index is 0.0534. The van der Waals surface area contributed by atoms with Crippen LogP contribution < -0.4 is 10.6 Å². The van der Waals surface area contributed by atoms with Crippen LogP contribution in [0.1, 0.15) is 26.2 Å². The van der Waals surface area contributed by atoms with Gasteiger partial charge in [0.25, 0.3) is 0 Å². The Morgan fingerprint density at radius 3 is 2.47 bits per heavy atom. The molecule has 0 spiro atoms. The highest BCUT2D eigenvalue weighted by Crippen LogP contribution is 2.15. The van der Waals surface area contributed by atoms with E-state index in [1.54, 1.807) is 0 Å². The predicted octanol–water partition coefficient (Wildman–Crippen LogP) is 2.64. The number of rotatable bonds is 2. The first-order chi connectivity index (χ1) is 8.24. The van der Waals surface area contributed by atoms with Gasteiger partial charge >= 0.3 is 0 Å². The molecule has 0 aliphatic carbocycles. The van der Waals surface area contributed by atoms with Crippen LogP contribution in [-0.4, -0.2) is 18.3 Å². The van der Waals surface area contributed by atoms with Crippen LogP contribution in [0.3, 0.4) is 0 Å². The summed E-state index contributed by atoms with van der Waals surface area (Å²) >= 11 is 0.